The fourth-order valence-electron chi connectivity index (χ4n) is 2.56. The van der Waals surface area contributed by atoms with Gasteiger partial charge in [0.05, 0.1) is 0 Å². The second-order valence-corrected chi connectivity index (χ2v) is 5.88. The quantitative estimate of drug-likeness (QED) is 0.391. The standard InChI is InChI=1S/C19H14FN3O2S/c1-2-9-23-18(25)16(17(24)22-19(23)26)10-13-11-21-8-7-15(13)12-3-5-14(20)6-4-12/h2-8,10-11H,1,9H2,(H,22,24,26). The lowest BCUT2D eigenvalue weighted by Crippen LogP contribution is -2.53. The van der Waals surface area contributed by atoms with Gasteiger partial charge in [0.15, 0.2) is 5.11 Å². The van der Waals surface area contributed by atoms with Crippen molar-refractivity contribution >= 4 is 35.2 Å². The summed E-state index contributed by atoms with van der Waals surface area (Å²) < 4.78 is 13.2. The van der Waals surface area contributed by atoms with Crippen molar-refractivity contribution in [3.63, 3.8) is 0 Å². The molecule has 1 aliphatic heterocycles. The number of amides is 2. The fourth-order valence-corrected chi connectivity index (χ4v) is 2.81. The minimum atomic E-state index is -0.575. The molecule has 1 aromatic heterocycles. The van der Waals surface area contributed by atoms with Gasteiger partial charge in [-0.05, 0) is 47.6 Å². The summed E-state index contributed by atoms with van der Waals surface area (Å²) >= 11 is 5.03. The number of hydrogen-bond acceptors (Lipinski definition) is 4. The second kappa shape index (κ2) is 7.37. The number of rotatable bonds is 4. The zero-order valence-electron chi connectivity index (χ0n) is 13.6. The molecule has 0 aliphatic carbocycles. The van der Waals surface area contributed by atoms with Crippen LogP contribution in [-0.4, -0.2) is 33.4 Å². The van der Waals surface area contributed by atoms with Gasteiger partial charge < -0.3 is 0 Å². The van der Waals surface area contributed by atoms with Crippen molar-refractivity contribution in [3.8, 4) is 11.1 Å². The maximum absolute atomic E-state index is 13.2. The minimum absolute atomic E-state index is 0.0435. The lowest BCUT2D eigenvalue weighted by molar-refractivity contribution is -0.128. The Bertz CT molecular complexity index is 938. The van der Waals surface area contributed by atoms with Gasteiger partial charge in [-0.2, -0.15) is 0 Å². The Morgan fingerprint density at radius 3 is 2.65 bits per heavy atom. The second-order valence-electron chi connectivity index (χ2n) is 5.49. The van der Waals surface area contributed by atoms with Gasteiger partial charge in [-0.25, -0.2) is 4.39 Å². The van der Waals surface area contributed by atoms with Gasteiger partial charge in [0.25, 0.3) is 11.8 Å². The van der Waals surface area contributed by atoms with Crippen LogP contribution in [0.2, 0.25) is 0 Å². The Labute approximate surface area is 154 Å². The summed E-state index contributed by atoms with van der Waals surface area (Å²) in [5.74, 6) is -1.43. The number of thiocarbonyl (C=S) groups is 1. The van der Waals surface area contributed by atoms with Crippen molar-refractivity contribution in [2.75, 3.05) is 6.54 Å². The number of nitrogens with one attached hydrogen (secondary N) is 1. The zero-order valence-corrected chi connectivity index (χ0v) is 14.4. The van der Waals surface area contributed by atoms with Crippen LogP contribution in [0.4, 0.5) is 4.39 Å². The lowest BCUT2D eigenvalue weighted by Gasteiger charge is -2.27. The number of carbonyl (C=O) groups excluding carboxylic acids is 2. The molecule has 3 rings (SSSR count). The third kappa shape index (κ3) is 3.43. The maximum atomic E-state index is 13.2. The van der Waals surface area contributed by atoms with Gasteiger partial charge >= 0.3 is 0 Å². The van der Waals surface area contributed by atoms with E-state index in [-0.39, 0.29) is 23.0 Å². The molecule has 1 aliphatic rings. The van der Waals surface area contributed by atoms with Crippen molar-refractivity contribution in [2.45, 2.75) is 0 Å². The van der Waals surface area contributed by atoms with E-state index >= 15 is 0 Å². The average Bonchev–Trinajstić information content (AvgIpc) is 2.63. The molecule has 2 aromatic rings. The highest BCUT2D eigenvalue weighted by Crippen LogP contribution is 2.26. The molecular formula is C19H14FN3O2S. The van der Waals surface area contributed by atoms with E-state index in [1.165, 1.54) is 35.4 Å². The number of carbonyl (C=O) groups is 2. The predicted molar refractivity (Wildman–Crippen MR) is 100 cm³/mol. The highest BCUT2D eigenvalue weighted by atomic mass is 32.1. The lowest BCUT2D eigenvalue weighted by atomic mass is 9.99. The molecule has 2 amide bonds. The first-order valence-electron chi connectivity index (χ1n) is 7.71. The molecule has 1 saturated heterocycles. The number of pyridine rings is 1. The molecule has 0 saturated carbocycles. The zero-order chi connectivity index (χ0) is 18.7. The Balaban J connectivity index is 2.05. The van der Waals surface area contributed by atoms with Gasteiger partial charge in [-0.1, -0.05) is 18.2 Å². The third-order valence-corrected chi connectivity index (χ3v) is 4.13. The number of benzene rings is 1. The molecule has 1 fully saturated rings. The largest absolute Gasteiger partial charge is 0.298 e. The van der Waals surface area contributed by atoms with E-state index < -0.39 is 11.8 Å². The number of nitrogens with zero attached hydrogens (tertiary/aromatic N) is 2. The van der Waals surface area contributed by atoms with E-state index in [0.717, 1.165) is 11.1 Å². The van der Waals surface area contributed by atoms with Crippen molar-refractivity contribution in [2.24, 2.45) is 0 Å². The van der Waals surface area contributed by atoms with E-state index in [0.29, 0.717) is 5.56 Å². The first-order chi connectivity index (χ1) is 12.5. The van der Waals surface area contributed by atoms with Gasteiger partial charge in [-0.15, -0.1) is 6.58 Å². The van der Waals surface area contributed by atoms with Crippen molar-refractivity contribution in [1.82, 2.24) is 15.2 Å². The number of aromatic nitrogens is 1. The van der Waals surface area contributed by atoms with Crippen LogP contribution in [0.25, 0.3) is 17.2 Å². The summed E-state index contributed by atoms with van der Waals surface area (Å²) in [5.41, 5.74) is 1.96. The molecule has 7 heteroatoms. The van der Waals surface area contributed by atoms with Crippen LogP contribution in [0.15, 0.2) is 61.0 Å². The number of halogens is 1. The van der Waals surface area contributed by atoms with Crippen molar-refractivity contribution in [3.05, 3.63) is 72.3 Å². The molecule has 1 N–H and O–H groups in total. The maximum Gasteiger partial charge on any atom is 0.265 e. The van der Waals surface area contributed by atoms with Crippen LogP contribution >= 0.6 is 12.2 Å². The summed E-state index contributed by atoms with van der Waals surface area (Å²) in [4.78, 5) is 30.2. The van der Waals surface area contributed by atoms with Crippen LogP contribution < -0.4 is 5.32 Å². The molecule has 130 valence electrons. The molecular weight excluding hydrogens is 353 g/mol. The van der Waals surface area contributed by atoms with Crippen molar-refractivity contribution in [1.29, 1.82) is 0 Å². The molecule has 2 heterocycles. The van der Waals surface area contributed by atoms with Crippen LogP contribution in [0.3, 0.4) is 0 Å². The Hall–Kier alpha value is -3.19. The third-order valence-electron chi connectivity index (χ3n) is 3.80. The molecule has 5 nitrogen and oxygen atoms in total. The molecule has 26 heavy (non-hydrogen) atoms. The van der Waals surface area contributed by atoms with Crippen LogP contribution in [0.5, 0.6) is 0 Å². The van der Waals surface area contributed by atoms with E-state index in [4.69, 9.17) is 12.2 Å². The van der Waals surface area contributed by atoms with E-state index in [2.05, 4.69) is 16.9 Å². The molecule has 1 aromatic carbocycles. The normalized spacial score (nSPS) is 16.0. The minimum Gasteiger partial charge on any atom is -0.298 e. The van der Waals surface area contributed by atoms with Crippen LogP contribution in [0, 0.1) is 5.82 Å². The summed E-state index contributed by atoms with van der Waals surface area (Å²) in [7, 11) is 0. The Morgan fingerprint density at radius 1 is 1.23 bits per heavy atom. The molecule has 0 unspecified atom stereocenters. The summed E-state index contributed by atoms with van der Waals surface area (Å²) in [6.07, 6.45) is 6.11. The first kappa shape index (κ1) is 17.6. The Morgan fingerprint density at radius 2 is 1.96 bits per heavy atom. The van der Waals surface area contributed by atoms with Crippen LogP contribution in [0.1, 0.15) is 5.56 Å². The highest BCUT2D eigenvalue weighted by Gasteiger charge is 2.32. The van der Waals surface area contributed by atoms with Gasteiger partial charge in [0, 0.05) is 24.5 Å². The highest BCUT2D eigenvalue weighted by molar-refractivity contribution is 7.80. The predicted octanol–water partition coefficient (Wildman–Crippen LogP) is 2.70. The summed E-state index contributed by atoms with van der Waals surface area (Å²) in [5, 5.41) is 2.54. The molecule has 0 spiro atoms. The Kier molecular flexibility index (Phi) is 4.99. The average molecular weight is 367 g/mol. The van der Waals surface area contributed by atoms with Gasteiger partial charge in [-0.3, -0.25) is 24.8 Å². The van der Waals surface area contributed by atoms with Crippen molar-refractivity contribution < 1.29 is 14.0 Å². The van der Waals surface area contributed by atoms with Gasteiger partial charge in [0.1, 0.15) is 11.4 Å². The smallest absolute Gasteiger partial charge is 0.265 e. The fraction of sp³-hybridized carbons (Fsp3) is 0.0526. The molecule has 0 radical (unpaired) electrons. The molecule has 0 atom stereocenters. The molecule has 0 bridgehead atoms. The van der Waals surface area contributed by atoms with Gasteiger partial charge in [0.2, 0.25) is 0 Å². The topological polar surface area (TPSA) is 62.3 Å². The SMILES string of the molecule is C=CCN1C(=O)C(=Cc2cnccc2-c2ccc(F)cc2)C(=O)NC1=S. The first-order valence-corrected chi connectivity index (χ1v) is 8.12. The summed E-state index contributed by atoms with van der Waals surface area (Å²) in [6, 6.07) is 7.66. The number of hydrogen-bond donors (Lipinski definition) is 1. The van der Waals surface area contributed by atoms with E-state index in [1.807, 2.05) is 0 Å². The van der Waals surface area contributed by atoms with E-state index in [9.17, 15) is 14.0 Å². The van der Waals surface area contributed by atoms with E-state index in [1.54, 1.807) is 24.4 Å². The summed E-state index contributed by atoms with van der Waals surface area (Å²) in [6.45, 7) is 3.77. The van der Waals surface area contributed by atoms with Crippen LogP contribution in [-0.2, 0) is 9.59 Å². The monoisotopic (exact) mass is 367 g/mol.